The van der Waals surface area contributed by atoms with Crippen molar-refractivity contribution in [2.45, 2.75) is 46.1 Å². The molecule has 1 fully saturated rings. The number of aromatic nitrogens is 1. The van der Waals surface area contributed by atoms with E-state index in [0.717, 1.165) is 10.9 Å². The summed E-state index contributed by atoms with van der Waals surface area (Å²) in [6, 6.07) is 7.26. The number of benzene rings is 1. The molecule has 1 aliphatic heterocycles. The highest BCUT2D eigenvalue weighted by molar-refractivity contribution is 6.03. The maximum atomic E-state index is 13.0. The van der Waals surface area contributed by atoms with Gasteiger partial charge in [0, 0.05) is 42.5 Å². The topological polar surface area (TPSA) is 77.8 Å². The maximum Gasteiger partial charge on any atom is 0.410 e. The maximum absolute atomic E-state index is 13.0. The van der Waals surface area contributed by atoms with Gasteiger partial charge in [0.25, 0.3) is 0 Å². The number of ether oxygens (including phenoxy) is 2. The Balaban J connectivity index is 1.70. The SMILES string of the molecule is CCOC(=O)c1cc2cc(C(=O)C3CCN(C(=O)OC(C)(C)C)CC3)ccc2n1C. The number of amides is 1. The molecule has 1 saturated heterocycles. The van der Waals surface area contributed by atoms with Crippen LogP contribution < -0.4 is 0 Å². The summed E-state index contributed by atoms with van der Waals surface area (Å²) in [5.41, 5.74) is 1.42. The summed E-state index contributed by atoms with van der Waals surface area (Å²) in [6.07, 6.45) is 0.892. The minimum Gasteiger partial charge on any atom is -0.461 e. The first-order chi connectivity index (χ1) is 14.1. The van der Waals surface area contributed by atoms with Gasteiger partial charge in [-0.25, -0.2) is 9.59 Å². The minimum atomic E-state index is -0.531. The lowest BCUT2D eigenvalue weighted by Crippen LogP contribution is -2.43. The molecule has 3 rings (SSSR count). The van der Waals surface area contributed by atoms with Crippen LogP contribution in [-0.4, -0.2) is 52.6 Å². The van der Waals surface area contributed by atoms with Crippen molar-refractivity contribution in [2.24, 2.45) is 13.0 Å². The molecule has 0 atom stereocenters. The number of aryl methyl sites for hydroxylation is 1. The number of hydrogen-bond donors (Lipinski definition) is 0. The lowest BCUT2D eigenvalue weighted by Gasteiger charge is -2.33. The zero-order valence-electron chi connectivity index (χ0n) is 18.4. The van der Waals surface area contributed by atoms with Crippen LogP contribution in [0, 0.1) is 5.92 Å². The molecule has 7 nitrogen and oxygen atoms in total. The Morgan fingerprint density at radius 3 is 2.37 bits per heavy atom. The number of Topliss-reactive ketones (excluding diaryl/α,β-unsaturated/α-hetero) is 1. The van der Waals surface area contributed by atoms with Crippen LogP contribution in [0.2, 0.25) is 0 Å². The smallest absolute Gasteiger partial charge is 0.410 e. The normalized spacial score (nSPS) is 15.3. The predicted molar refractivity (Wildman–Crippen MR) is 114 cm³/mol. The number of ketones is 1. The van der Waals surface area contributed by atoms with Crippen LogP contribution in [0.5, 0.6) is 0 Å². The highest BCUT2D eigenvalue weighted by Crippen LogP contribution is 2.26. The number of carbonyl (C=O) groups is 3. The van der Waals surface area contributed by atoms with Gasteiger partial charge in [-0.3, -0.25) is 4.79 Å². The van der Waals surface area contributed by atoms with Crippen molar-refractivity contribution in [3.8, 4) is 0 Å². The fourth-order valence-corrected chi connectivity index (χ4v) is 3.79. The molecule has 0 radical (unpaired) electrons. The van der Waals surface area contributed by atoms with Gasteiger partial charge >= 0.3 is 12.1 Å². The number of esters is 1. The van der Waals surface area contributed by atoms with Gasteiger partial charge in [-0.15, -0.1) is 0 Å². The highest BCUT2D eigenvalue weighted by Gasteiger charge is 2.30. The molecule has 0 saturated carbocycles. The molecule has 0 spiro atoms. The second-order valence-corrected chi connectivity index (χ2v) is 8.69. The third-order valence-corrected chi connectivity index (χ3v) is 5.33. The van der Waals surface area contributed by atoms with E-state index in [4.69, 9.17) is 9.47 Å². The van der Waals surface area contributed by atoms with Gasteiger partial charge in [0.1, 0.15) is 11.3 Å². The summed E-state index contributed by atoms with van der Waals surface area (Å²) in [5.74, 6) is -0.435. The molecular weight excluding hydrogens is 384 g/mol. The van der Waals surface area contributed by atoms with Gasteiger partial charge in [0.05, 0.1) is 6.61 Å². The van der Waals surface area contributed by atoms with Crippen molar-refractivity contribution in [3.63, 3.8) is 0 Å². The number of hydrogen-bond acceptors (Lipinski definition) is 5. The van der Waals surface area contributed by atoms with Gasteiger partial charge in [0.15, 0.2) is 5.78 Å². The molecule has 2 aromatic rings. The third kappa shape index (κ3) is 4.66. The van der Waals surface area contributed by atoms with Crippen LogP contribution in [0.15, 0.2) is 24.3 Å². The number of likely N-dealkylation sites (tertiary alicyclic amines) is 1. The average molecular weight is 415 g/mol. The molecule has 0 N–H and O–H groups in total. The Hall–Kier alpha value is -2.83. The van der Waals surface area contributed by atoms with E-state index in [2.05, 4.69) is 0 Å². The highest BCUT2D eigenvalue weighted by atomic mass is 16.6. The molecule has 1 aromatic heterocycles. The van der Waals surface area contributed by atoms with Crippen LogP contribution in [-0.2, 0) is 16.5 Å². The molecule has 0 unspecified atom stereocenters. The van der Waals surface area contributed by atoms with Crippen LogP contribution in [0.25, 0.3) is 10.9 Å². The first-order valence-corrected chi connectivity index (χ1v) is 10.4. The molecule has 0 aliphatic carbocycles. The van der Waals surface area contributed by atoms with Crippen molar-refractivity contribution < 1.29 is 23.9 Å². The molecule has 1 aromatic carbocycles. The summed E-state index contributed by atoms with van der Waals surface area (Å²) in [5, 5.41) is 0.831. The quantitative estimate of drug-likeness (QED) is 0.554. The lowest BCUT2D eigenvalue weighted by atomic mass is 9.88. The van der Waals surface area contributed by atoms with Crippen LogP contribution >= 0.6 is 0 Å². The Bertz CT molecular complexity index is 962. The summed E-state index contributed by atoms with van der Waals surface area (Å²) < 4.78 is 12.3. The molecule has 7 heteroatoms. The van der Waals surface area contributed by atoms with Gasteiger partial charge in [-0.1, -0.05) is 0 Å². The molecule has 1 amide bonds. The Kier molecular flexibility index (Phi) is 6.19. The minimum absolute atomic E-state index is 0.0716. The number of carbonyl (C=O) groups excluding carboxylic acids is 3. The third-order valence-electron chi connectivity index (χ3n) is 5.33. The summed E-state index contributed by atoms with van der Waals surface area (Å²) in [7, 11) is 1.81. The number of piperidine rings is 1. The van der Waals surface area contributed by atoms with Gasteiger partial charge in [0.2, 0.25) is 0 Å². The molecule has 1 aliphatic rings. The Labute approximate surface area is 176 Å². The zero-order valence-corrected chi connectivity index (χ0v) is 18.4. The van der Waals surface area contributed by atoms with Crippen LogP contribution in [0.1, 0.15) is 61.4 Å². The van der Waals surface area contributed by atoms with E-state index >= 15 is 0 Å². The van der Waals surface area contributed by atoms with Crippen molar-refractivity contribution in [1.82, 2.24) is 9.47 Å². The number of fused-ring (bicyclic) bond motifs is 1. The zero-order chi connectivity index (χ0) is 22.1. The van der Waals surface area contributed by atoms with Crippen molar-refractivity contribution in [1.29, 1.82) is 0 Å². The summed E-state index contributed by atoms with van der Waals surface area (Å²) in [6.45, 7) is 8.62. The Morgan fingerprint density at radius 2 is 1.77 bits per heavy atom. The van der Waals surface area contributed by atoms with Gasteiger partial charge in [-0.05, 0) is 64.8 Å². The van der Waals surface area contributed by atoms with E-state index in [1.165, 1.54) is 0 Å². The van der Waals surface area contributed by atoms with E-state index in [9.17, 15) is 14.4 Å². The van der Waals surface area contributed by atoms with Gasteiger partial charge in [-0.2, -0.15) is 0 Å². The molecule has 2 heterocycles. The first kappa shape index (κ1) is 21.9. The standard InChI is InChI=1S/C23H30N2O5/c1-6-29-21(27)19-14-17-13-16(7-8-18(17)24(19)5)20(26)15-9-11-25(12-10-15)22(28)30-23(2,3)4/h7-8,13-15H,6,9-12H2,1-5H3. The number of nitrogens with zero attached hydrogens (tertiary/aromatic N) is 2. The summed E-state index contributed by atoms with van der Waals surface area (Å²) >= 11 is 0. The van der Waals surface area contributed by atoms with E-state index < -0.39 is 5.60 Å². The molecule has 0 bridgehead atoms. The predicted octanol–water partition coefficient (Wildman–Crippen LogP) is 4.18. The number of rotatable bonds is 4. The monoisotopic (exact) mass is 414 g/mol. The second kappa shape index (κ2) is 8.50. The van der Waals surface area contributed by atoms with Crippen LogP contribution in [0.4, 0.5) is 4.79 Å². The molecular formula is C23H30N2O5. The Morgan fingerprint density at radius 1 is 1.10 bits per heavy atom. The van der Waals surface area contributed by atoms with Crippen molar-refractivity contribution >= 4 is 28.7 Å². The largest absolute Gasteiger partial charge is 0.461 e. The van der Waals surface area contributed by atoms with Gasteiger partial charge < -0.3 is 18.9 Å². The fourth-order valence-electron chi connectivity index (χ4n) is 3.79. The summed E-state index contributed by atoms with van der Waals surface area (Å²) in [4.78, 5) is 39.1. The van der Waals surface area contributed by atoms with Crippen molar-refractivity contribution in [3.05, 3.63) is 35.5 Å². The van der Waals surface area contributed by atoms with E-state index in [0.29, 0.717) is 43.8 Å². The lowest BCUT2D eigenvalue weighted by molar-refractivity contribution is 0.0182. The molecule has 162 valence electrons. The average Bonchev–Trinajstić information content (AvgIpc) is 3.02. The van der Waals surface area contributed by atoms with E-state index in [1.54, 1.807) is 28.5 Å². The first-order valence-electron chi connectivity index (χ1n) is 10.4. The second-order valence-electron chi connectivity index (χ2n) is 8.69. The molecule has 30 heavy (non-hydrogen) atoms. The van der Waals surface area contributed by atoms with E-state index in [-0.39, 0.29) is 23.8 Å². The fraction of sp³-hybridized carbons (Fsp3) is 0.522. The van der Waals surface area contributed by atoms with E-state index in [1.807, 2.05) is 40.0 Å². The van der Waals surface area contributed by atoms with Crippen LogP contribution in [0.3, 0.4) is 0 Å². The van der Waals surface area contributed by atoms with Crippen molar-refractivity contribution in [2.75, 3.05) is 19.7 Å².